The first-order chi connectivity index (χ1) is 31.3. The van der Waals surface area contributed by atoms with Gasteiger partial charge in [-0.3, -0.25) is 0 Å². The molecular formula is C62H43N. The summed E-state index contributed by atoms with van der Waals surface area (Å²) in [5, 5.41) is 0. The van der Waals surface area contributed by atoms with Crippen LogP contribution >= 0.6 is 0 Å². The molecule has 0 saturated heterocycles. The van der Waals surface area contributed by atoms with Crippen LogP contribution in [0.25, 0.3) is 33.4 Å². The first-order valence-corrected chi connectivity index (χ1v) is 21.9. The molecule has 2 aliphatic rings. The predicted molar refractivity (Wildman–Crippen MR) is 261 cm³/mol. The van der Waals surface area contributed by atoms with E-state index in [1.54, 1.807) is 0 Å². The van der Waals surface area contributed by atoms with Crippen molar-refractivity contribution in [1.82, 2.24) is 0 Å². The maximum Gasteiger partial charge on any atom is 0.0714 e. The zero-order chi connectivity index (χ0) is 41.8. The van der Waals surface area contributed by atoms with Gasteiger partial charge >= 0.3 is 0 Å². The van der Waals surface area contributed by atoms with Gasteiger partial charge in [-0.25, -0.2) is 0 Å². The number of benzene rings is 10. The molecule has 2 aliphatic carbocycles. The lowest BCUT2D eigenvalue weighted by molar-refractivity contribution is 0.768. The van der Waals surface area contributed by atoms with Crippen molar-refractivity contribution in [3.05, 3.63) is 305 Å². The van der Waals surface area contributed by atoms with Gasteiger partial charge in [-0.05, 0) is 114 Å². The molecule has 296 valence electrons. The van der Waals surface area contributed by atoms with Crippen LogP contribution < -0.4 is 4.90 Å². The Hall–Kier alpha value is -8.00. The topological polar surface area (TPSA) is 3.24 Å². The van der Waals surface area contributed by atoms with Gasteiger partial charge in [0.1, 0.15) is 0 Å². The largest absolute Gasteiger partial charge is 0.310 e. The Balaban J connectivity index is 1.03. The molecule has 0 unspecified atom stereocenters. The number of fused-ring (bicyclic) bond motifs is 6. The summed E-state index contributed by atoms with van der Waals surface area (Å²) in [6, 6.07) is 96.2. The third kappa shape index (κ3) is 5.50. The smallest absolute Gasteiger partial charge is 0.0714 e. The average Bonchev–Trinajstić information content (AvgIpc) is 3.84. The van der Waals surface area contributed by atoms with E-state index in [1.807, 2.05) is 0 Å². The highest BCUT2D eigenvalue weighted by Gasteiger charge is 2.48. The summed E-state index contributed by atoms with van der Waals surface area (Å²) in [5.41, 5.74) is 20.2. The van der Waals surface area contributed by atoms with Crippen LogP contribution in [0.1, 0.15) is 44.5 Å². The van der Waals surface area contributed by atoms with Gasteiger partial charge in [0.2, 0.25) is 0 Å². The van der Waals surface area contributed by atoms with Crippen molar-refractivity contribution in [2.24, 2.45) is 0 Å². The average molecular weight is 802 g/mol. The molecule has 10 aromatic rings. The number of hydrogen-bond acceptors (Lipinski definition) is 1. The van der Waals surface area contributed by atoms with Crippen molar-refractivity contribution in [3.8, 4) is 33.4 Å². The second-order valence-electron chi connectivity index (χ2n) is 16.7. The third-order valence-electron chi connectivity index (χ3n) is 13.6. The number of para-hydroxylation sites is 1. The van der Waals surface area contributed by atoms with E-state index in [2.05, 4.69) is 266 Å². The SMILES string of the molecule is c1ccc(N(c2ccc(-c3cccc4c3-c3ccccc3C4(c3ccccc3)c3ccccc3)cc2)c2ccc3c(c2)C(c2ccccc2)(c2ccccc2)c2ccccc2-3)cc1. The summed E-state index contributed by atoms with van der Waals surface area (Å²) in [7, 11) is 0. The van der Waals surface area contributed by atoms with Crippen molar-refractivity contribution in [1.29, 1.82) is 0 Å². The van der Waals surface area contributed by atoms with E-state index >= 15 is 0 Å². The monoisotopic (exact) mass is 801 g/mol. The van der Waals surface area contributed by atoms with E-state index in [4.69, 9.17) is 0 Å². The van der Waals surface area contributed by atoms with Crippen LogP contribution in [0.15, 0.2) is 261 Å². The Morgan fingerprint density at radius 2 is 0.619 bits per heavy atom. The number of hydrogen-bond donors (Lipinski definition) is 0. The molecule has 0 amide bonds. The second kappa shape index (κ2) is 14.9. The molecule has 0 fully saturated rings. The molecule has 1 heteroatoms. The third-order valence-corrected chi connectivity index (χ3v) is 13.6. The molecule has 0 heterocycles. The molecule has 0 aliphatic heterocycles. The zero-order valence-electron chi connectivity index (χ0n) is 34.8. The lowest BCUT2D eigenvalue weighted by Crippen LogP contribution is -2.28. The minimum absolute atomic E-state index is 0.448. The summed E-state index contributed by atoms with van der Waals surface area (Å²) in [6.07, 6.45) is 0. The van der Waals surface area contributed by atoms with E-state index in [1.165, 1.54) is 77.9 Å². The van der Waals surface area contributed by atoms with Crippen LogP contribution in [0.3, 0.4) is 0 Å². The van der Waals surface area contributed by atoms with Crippen LogP contribution in [0.5, 0.6) is 0 Å². The van der Waals surface area contributed by atoms with E-state index < -0.39 is 10.8 Å². The van der Waals surface area contributed by atoms with Crippen molar-refractivity contribution in [3.63, 3.8) is 0 Å². The van der Waals surface area contributed by atoms with Crippen molar-refractivity contribution in [2.75, 3.05) is 4.90 Å². The van der Waals surface area contributed by atoms with Gasteiger partial charge in [-0.2, -0.15) is 0 Å². The summed E-state index contributed by atoms with van der Waals surface area (Å²) in [4.78, 5) is 2.41. The van der Waals surface area contributed by atoms with Gasteiger partial charge in [-0.15, -0.1) is 0 Å². The van der Waals surface area contributed by atoms with Gasteiger partial charge in [0.05, 0.1) is 10.8 Å². The van der Waals surface area contributed by atoms with Crippen LogP contribution in [0, 0.1) is 0 Å². The number of nitrogens with zero attached hydrogens (tertiary/aromatic N) is 1. The van der Waals surface area contributed by atoms with Crippen molar-refractivity contribution < 1.29 is 0 Å². The van der Waals surface area contributed by atoms with E-state index in [0.717, 1.165) is 17.1 Å². The van der Waals surface area contributed by atoms with E-state index in [9.17, 15) is 0 Å². The molecule has 0 aromatic heterocycles. The van der Waals surface area contributed by atoms with Gasteiger partial charge in [0.25, 0.3) is 0 Å². The van der Waals surface area contributed by atoms with Gasteiger partial charge in [-0.1, -0.05) is 224 Å². The summed E-state index contributed by atoms with van der Waals surface area (Å²) in [5.74, 6) is 0. The lowest BCUT2D eigenvalue weighted by Gasteiger charge is -2.35. The first-order valence-electron chi connectivity index (χ1n) is 21.9. The molecule has 0 atom stereocenters. The highest BCUT2D eigenvalue weighted by molar-refractivity contribution is 5.96. The normalized spacial score (nSPS) is 13.7. The first kappa shape index (κ1) is 36.8. The Bertz CT molecular complexity index is 3170. The molecule has 63 heavy (non-hydrogen) atoms. The Kier molecular flexibility index (Phi) is 8.69. The van der Waals surface area contributed by atoms with Crippen molar-refractivity contribution in [2.45, 2.75) is 10.8 Å². The summed E-state index contributed by atoms with van der Waals surface area (Å²) >= 11 is 0. The van der Waals surface area contributed by atoms with E-state index in [0.29, 0.717) is 0 Å². The number of rotatable bonds is 8. The van der Waals surface area contributed by atoms with Crippen LogP contribution in [-0.4, -0.2) is 0 Å². The minimum atomic E-state index is -0.491. The predicted octanol–water partition coefficient (Wildman–Crippen LogP) is 15.5. The molecule has 0 spiro atoms. The Morgan fingerprint density at radius 1 is 0.238 bits per heavy atom. The second-order valence-corrected chi connectivity index (χ2v) is 16.7. The number of anilines is 3. The molecule has 10 aromatic carbocycles. The summed E-state index contributed by atoms with van der Waals surface area (Å²) in [6.45, 7) is 0. The highest BCUT2D eigenvalue weighted by atomic mass is 15.1. The quantitative estimate of drug-likeness (QED) is 0.148. The maximum atomic E-state index is 2.45. The van der Waals surface area contributed by atoms with Crippen LogP contribution in [0.4, 0.5) is 17.1 Å². The fraction of sp³-hybridized carbons (Fsp3) is 0.0323. The summed E-state index contributed by atoms with van der Waals surface area (Å²) < 4.78 is 0. The van der Waals surface area contributed by atoms with Gasteiger partial charge < -0.3 is 4.90 Å². The molecule has 0 N–H and O–H groups in total. The Labute approximate surface area is 369 Å². The highest BCUT2D eigenvalue weighted by Crippen LogP contribution is 2.59. The van der Waals surface area contributed by atoms with Crippen molar-refractivity contribution >= 4 is 17.1 Å². The zero-order valence-corrected chi connectivity index (χ0v) is 34.8. The lowest BCUT2D eigenvalue weighted by atomic mass is 9.67. The molecule has 0 radical (unpaired) electrons. The van der Waals surface area contributed by atoms with Gasteiger partial charge in [0.15, 0.2) is 0 Å². The molecular weight excluding hydrogens is 759 g/mol. The molecule has 0 saturated carbocycles. The molecule has 12 rings (SSSR count). The fourth-order valence-electron chi connectivity index (χ4n) is 11.1. The maximum absolute atomic E-state index is 2.45. The molecule has 1 nitrogen and oxygen atoms in total. The standard InChI is InChI=1S/C62H43N/c1-6-21-45(22-7-1)61(46-23-8-2-9-24-46)57-35-19-17-32-55(57)60-52(33-20-36-58(60)61)44-37-39-50(40-38-44)63(49-29-14-5-15-30-49)51-41-42-54-53-31-16-18-34-56(53)62(59(54)43-51,47-25-10-3-11-26-47)48-27-12-4-13-28-48/h1-43H. The van der Waals surface area contributed by atoms with Gasteiger partial charge in [0, 0.05) is 17.1 Å². The minimum Gasteiger partial charge on any atom is -0.310 e. The molecule has 0 bridgehead atoms. The fourth-order valence-corrected chi connectivity index (χ4v) is 11.1. The van der Waals surface area contributed by atoms with Crippen LogP contribution in [-0.2, 0) is 10.8 Å². The Morgan fingerprint density at radius 3 is 1.17 bits per heavy atom. The van der Waals surface area contributed by atoms with Crippen LogP contribution in [0.2, 0.25) is 0 Å². The van der Waals surface area contributed by atoms with E-state index in [-0.39, 0.29) is 0 Å².